The van der Waals surface area contributed by atoms with Crippen LogP contribution in [-0.4, -0.2) is 54.0 Å². The lowest BCUT2D eigenvalue weighted by molar-refractivity contribution is -0.128. The third kappa shape index (κ3) is 2.69. The molecule has 0 spiro atoms. The minimum atomic E-state index is 0.311. The Balaban J connectivity index is 1.59. The van der Waals surface area contributed by atoms with Gasteiger partial charge in [-0.3, -0.25) is 4.79 Å². The van der Waals surface area contributed by atoms with Gasteiger partial charge in [-0.2, -0.15) is 0 Å². The maximum atomic E-state index is 11.9. The van der Waals surface area contributed by atoms with E-state index < -0.39 is 0 Å². The number of nitrogens with one attached hydrogen (secondary N) is 1. The highest BCUT2D eigenvalue weighted by atomic mass is 16.2. The Kier molecular flexibility index (Phi) is 3.46. The standard InChI is InChI=1S/C14H21N5O/c1-18(2)14-13(15-5-6-16-14)17-8-10-7-12(20)19(9-10)11-3-4-11/h5-6,10-11H,3-4,7-9H2,1-2H3,(H,15,17). The van der Waals surface area contributed by atoms with Crippen LogP contribution in [0, 0.1) is 5.92 Å². The zero-order valence-electron chi connectivity index (χ0n) is 12.0. The number of anilines is 2. The lowest BCUT2D eigenvalue weighted by Crippen LogP contribution is -2.28. The van der Waals surface area contributed by atoms with E-state index in [0.717, 1.165) is 24.7 Å². The fourth-order valence-corrected chi connectivity index (χ4v) is 2.71. The van der Waals surface area contributed by atoms with Gasteiger partial charge in [-0.1, -0.05) is 0 Å². The van der Waals surface area contributed by atoms with E-state index in [1.807, 2.05) is 19.0 Å². The molecule has 1 saturated heterocycles. The third-order valence-corrected chi connectivity index (χ3v) is 3.89. The predicted octanol–water partition coefficient (Wildman–Crippen LogP) is 0.965. The molecule has 1 unspecified atom stereocenters. The Morgan fingerprint density at radius 3 is 2.80 bits per heavy atom. The second-order valence-electron chi connectivity index (χ2n) is 5.85. The molecule has 1 atom stereocenters. The van der Waals surface area contributed by atoms with E-state index in [2.05, 4.69) is 20.2 Å². The topological polar surface area (TPSA) is 61.4 Å². The number of carbonyl (C=O) groups excluding carboxylic acids is 1. The first-order valence-corrected chi connectivity index (χ1v) is 7.17. The van der Waals surface area contributed by atoms with E-state index in [4.69, 9.17) is 0 Å². The molecule has 1 aliphatic carbocycles. The quantitative estimate of drug-likeness (QED) is 0.867. The van der Waals surface area contributed by atoms with Crippen LogP contribution in [0.15, 0.2) is 12.4 Å². The minimum absolute atomic E-state index is 0.311. The van der Waals surface area contributed by atoms with E-state index in [9.17, 15) is 4.79 Å². The van der Waals surface area contributed by atoms with Crippen molar-refractivity contribution < 1.29 is 4.79 Å². The van der Waals surface area contributed by atoms with Crippen LogP contribution in [-0.2, 0) is 4.79 Å². The molecule has 1 amide bonds. The van der Waals surface area contributed by atoms with E-state index in [-0.39, 0.29) is 0 Å². The highest BCUT2D eigenvalue weighted by Crippen LogP contribution is 2.32. The van der Waals surface area contributed by atoms with Crippen LogP contribution >= 0.6 is 0 Å². The number of likely N-dealkylation sites (tertiary alicyclic amines) is 1. The average Bonchev–Trinajstić information content (AvgIpc) is 3.20. The lowest BCUT2D eigenvalue weighted by atomic mass is 10.1. The molecule has 6 heteroatoms. The van der Waals surface area contributed by atoms with Gasteiger partial charge in [0.25, 0.3) is 0 Å². The zero-order chi connectivity index (χ0) is 14.1. The maximum Gasteiger partial charge on any atom is 0.223 e. The van der Waals surface area contributed by atoms with Gasteiger partial charge in [0.05, 0.1) is 0 Å². The van der Waals surface area contributed by atoms with Gasteiger partial charge in [0, 0.05) is 58.0 Å². The van der Waals surface area contributed by atoms with Crippen molar-refractivity contribution in [1.29, 1.82) is 0 Å². The van der Waals surface area contributed by atoms with Crippen molar-refractivity contribution in [3.8, 4) is 0 Å². The molecule has 1 aromatic heterocycles. The molecule has 0 bridgehead atoms. The number of hydrogen-bond acceptors (Lipinski definition) is 5. The van der Waals surface area contributed by atoms with Crippen molar-refractivity contribution in [2.75, 3.05) is 37.4 Å². The SMILES string of the molecule is CN(C)c1nccnc1NCC1CC(=O)N(C2CC2)C1. The van der Waals surface area contributed by atoms with Crippen LogP contribution in [0.1, 0.15) is 19.3 Å². The van der Waals surface area contributed by atoms with Gasteiger partial charge in [0.1, 0.15) is 0 Å². The Labute approximate surface area is 119 Å². The number of nitrogens with zero attached hydrogens (tertiary/aromatic N) is 4. The first-order valence-electron chi connectivity index (χ1n) is 7.17. The number of rotatable bonds is 5. The molecule has 20 heavy (non-hydrogen) atoms. The van der Waals surface area contributed by atoms with E-state index >= 15 is 0 Å². The summed E-state index contributed by atoms with van der Waals surface area (Å²) in [6, 6.07) is 0.529. The summed E-state index contributed by atoms with van der Waals surface area (Å²) in [6.07, 6.45) is 6.39. The first kappa shape index (κ1) is 13.1. The van der Waals surface area contributed by atoms with Crippen LogP contribution < -0.4 is 10.2 Å². The summed E-state index contributed by atoms with van der Waals surface area (Å²) >= 11 is 0. The van der Waals surface area contributed by atoms with Gasteiger partial charge < -0.3 is 15.1 Å². The number of amides is 1. The summed E-state index contributed by atoms with van der Waals surface area (Å²) in [4.78, 5) is 24.5. The summed E-state index contributed by atoms with van der Waals surface area (Å²) in [7, 11) is 3.90. The average molecular weight is 275 g/mol. The zero-order valence-corrected chi connectivity index (χ0v) is 12.0. The molecular weight excluding hydrogens is 254 g/mol. The highest BCUT2D eigenvalue weighted by molar-refractivity contribution is 5.79. The fraction of sp³-hybridized carbons (Fsp3) is 0.643. The molecule has 1 aromatic rings. The van der Waals surface area contributed by atoms with Crippen molar-refractivity contribution in [3.05, 3.63) is 12.4 Å². The molecule has 1 saturated carbocycles. The van der Waals surface area contributed by atoms with Crippen LogP contribution in [0.2, 0.25) is 0 Å². The second kappa shape index (κ2) is 5.26. The molecule has 0 radical (unpaired) electrons. The van der Waals surface area contributed by atoms with Crippen molar-refractivity contribution in [2.45, 2.75) is 25.3 Å². The maximum absolute atomic E-state index is 11.9. The second-order valence-corrected chi connectivity index (χ2v) is 5.85. The molecule has 2 aliphatic rings. The van der Waals surface area contributed by atoms with Gasteiger partial charge in [0.15, 0.2) is 11.6 Å². The number of aromatic nitrogens is 2. The van der Waals surface area contributed by atoms with Crippen molar-refractivity contribution in [3.63, 3.8) is 0 Å². The van der Waals surface area contributed by atoms with E-state index in [0.29, 0.717) is 24.3 Å². The molecule has 6 nitrogen and oxygen atoms in total. The molecule has 2 fully saturated rings. The van der Waals surface area contributed by atoms with Crippen molar-refractivity contribution in [2.24, 2.45) is 5.92 Å². The fourth-order valence-electron chi connectivity index (χ4n) is 2.71. The van der Waals surface area contributed by atoms with Gasteiger partial charge in [-0.05, 0) is 12.8 Å². The molecule has 3 rings (SSSR count). The minimum Gasteiger partial charge on any atom is -0.367 e. The van der Waals surface area contributed by atoms with E-state index in [1.54, 1.807) is 12.4 Å². The normalized spacial score (nSPS) is 22.2. The summed E-state index contributed by atoms with van der Waals surface area (Å²) in [5.41, 5.74) is 0. The van der Waals surface area contributed by atoms with E-state index in [1.165, 1.54) is 12.8 Å². The Hall–Kier alpha value is -1.85. The summed E-state index contributed by atoms with van der Waals surface area (Å²) in [5.74, 6) is 2.30. The monoisotopic (exact) mass is 275 g/mol. The third-order valence-electron chi connectivity index (χ3n) is 3.89. The number of hydrogen-bond donors (Lipinski definition) is 1. The van der Waals surface area contributed by atoms with Crippen molar-refractivity contribution in [1.82, 2.24) is 14.9 Å². The van der Waals surface area contributed by atoms with Crippen LogP contribution in [0.4, 0.5) is 11.6 Å². The highest BCUT2D eigenvalue weighted by Gasteiger charge is 2.39. The van der Waals surface area contributed by atoms with Gasteiger partial charge in [-0.25, -0.2) is 9.97 Å². The Morgan fingerprint density at radius 1 is 1.35 bits per heavy atom. The molecule has 1 N–H and O–H groups in total. The Bertz CT molecular complexity index is 500. The molecule has 0 aromatic carbocycles. The van der Waals surface area contributed by atoms with Gasteiger partial charge in [0.2, 0.25) is 5.91 Å². The first-order chi connectivity index (χ1) is 9.65. The van der Waals surface area contributed by atoms with Crippen LogP contribution in [0.25, 0.3) is 0 Å². The van der Waals surface area contributed by atoms with Crippen molar-refractivity contribution >= 4 is 17.5 Å². The lowest BCUT2D eigenvalue weighted by Gasteiger charge is -2.18. The van der Waals surface area contributed by atoms with Crippen LogP contribution in [0.3, 0.4) is 0 Å². The summed E-state index contributed by atoms with van der Waals surface area (Å²) in [5, 5.41) is 3.34. The molecule has 2 heterocycles. The Morgan fingerprint density at radius 2 is 2.10 bits per heavy atom. The van der Waals surface area contributed by atoms with Crippen LogP contribution in [0.5, 0.6) is 0 Å². The largest absolute Gasteiger partial charge is 0.367 e. The molecular formula is C14H21N5O. The summed E-state index contributed by atoms with van der Waals surface area (Å²) in [6.45, 7) is 1.66. The molecule has 1 aliphatic heterocycles. The van der Waals surface area contributed by atoms with Gasteiger partial charge >= 0.3 is 0 Å². The summed E-state index contributed by atoms with van der Waals surface area (Å²) < 4.78 is 0. The predicted molar refractivity (Wildman–Crippen MR) is 77.7 cm³/mol. The van der Waals surface area contributed by atoms with Gasteiger partial charge in [-0.15, -0.1) is 0 Å². The number of carbonyl (C=O) groups is 1. The smallest absolute Gasteiger partial charge is 0.223 e. The molecule has 108 valence electrons.